The Labute approximate surface area is 179 Å². The summed E-state index contributed by atoms with van der Waals surface area (Å²) in [6.45, 7) is 4.23. The molecule has 0 spiro atoms. The van der Waals surface area contributed by atoms with Gasteiger partial charge >= 0.3 is 5.97 Å². The molecule has 0 radical (unpaired) electrons. The van der Waals surface area contributed by atoms with Gasteiger partial charge in [-0.15, -0.1) is 16.8 Å². The smallest absolute Gasteiger partial charge is 0.316 e. The fourth-order valence-electron chi connectivity index (χ4n) is 2.63. The van der Waals surface area contributed by atoms with E-state index >= 15 is 0 Å². The Morgan fingerprint density at radius 2 is 1.73 bits per heavy atom. The van der Waals surface area contributed by atoms with Crippen LogP contribution in [0.2, 0.25) is 0 Å². The van der Waals surface area contributed by atoms with E-state index in [1.807, 2.05) is 30.3 Å². The van der Waals surface area contributed by atoms with E-state index in [4.69, 9.17) is 4.74 Å². The zero-order chi connectivity index (χ0) is 21.4. The zero-order valence-corrected chi connectivity index (χ0v) is 17.8. The van der Waals surface area contributed by atoms with Crippen LogP contribution in [0, 0.1) is 0 Å². The number of carbonyl (C=O) groups is 1. The number of benzene rings is 2. The maximum absolute atomic E-state index is 12.7. The summed E-state index contributed by atoms with van der Waals surface area (Å²) < 4.78 is 32.2. The Kier molecular flexibility index (Phi) is 7.42. The van der Waals surface area contributed by atoms with Crippen LogP contribution in [0.1, 0.15) is 11.4 Å². The number of allylic oxidation sites excluding steroid dienone is 1. The maximum Gasteiger partial charge on any atom is 0.316 e. The quantitative estimate of drug-likeness (QED) is 0.270. The second-order valence-electron chi connectivity index (χ2n) is 6.31. The number of rotatable bonds is 10. The molecule has 0 bridgehead atoms. The van der Waals surface area contributed by atoms with E-state index < -0.39 is 15.8 Å². The number of aromatic nitrogens is 3. The molecule has 9 heteroatoms. The number of ether oxygens (including phenoxy) is 1. The summed E-state index contributed by atoms with van der Waals surface area (Å²) in [5.74, 6) is -0.362. The maximum atomic E-state index is 12.7. The summed E-state index contributed by atoms with van der Waals surface area (Å²) in [4.78, 5) is 12.3. The number of thioether (sulfide) groups is 1. The predicted molar refractivity (Wildman–Crippen MR) is 115 cm³/mol. The Hall–Kier alpha value is -2.91. The van der Waals surface area contributed by atoms with Gasteiger partial charge in [-0.1, -0.05) is 66.4 Å². The van der Waals surface area contributed by atoms with Gasteiger partial charge in [0.05, 0.1) is 10.6 Å². The number of hydrogen-bond donors (Lipinski definition) is 0. The lowest BCUT2D eigenvalue weighted by molar-refractivity contribution is -0.141. The molecule has 3 rings (SSSR count). The average molecular weight is 444 g/mol. The van der Waals surface area contributed by atoms with Crippen LogP contribution < -0.4 is 0 Å². The van der Waals surface area contributed by atoms with E-state index in [0.29, 0.717) is 17.5 Å². The molecule has 0 aliphatic carbocycles. The van der Waals surface area contributed by atoms with Crippen LogP contribution in [-0.2, 0) is 38.3 Å². The molecule has 0 fully saturated rings. The lowest BCUT2D eigenvalue weighted by Crippen LogP contribution is -2.12. The van der Waals surface area contributed by atoms with Crippen molar-refractivity contribution in [1.29, 1.82) is 0 Å². The molecule has 7 nitrogen and oxygen atoms in total. The third-order valence-corrected chi connectivity index (χ3v) is 6.66. The lowest BCUT2D eigenvalue weighted by atomic mass is 10.2. The van der Waals surface area contributed by atoms with E-state index in [9.17, 15) is 13.2 Å². The van der Waals surface area contributed by atoms with Gasteiger partial charge in [0, 0.05) is 6.54 Å². The van der Waals surface area contributed by atoms with Gasteiger partial charge in [-0.3, -0.25) is 4.79 Å². The summed E-state index contributed by atoms with van der Waals surface area (Å²) in [5.41, 5.74) is 0.902. The normalized spacial score (nSPS) is 11.2. The third kappa shape index (κ3) is 5.80. The lowest BCUT2D eigenvalue weighted by Gasteiger charge is -2.09. The van der Waals surface area contributed by atoms with E-state index in [1.54, 1.807) is 41.0 Å². The van der Waals surface area contributed by atoms with Crippen molar-refractivity contribution in [2.75, 3.05) is 5.75 Å². The molecule has 1 aromatic heterocycles. The first-order valence-corrected chi connectivity index (χ1v) is 11.8. The molecule has 0 saturated carbocycles. The molecule has 0 aliphatic rings. The van der Waals surface area contributed by atoms with Crippen LogP contribution in [-0.4, -0.2) is 34.9 Å². The first-order valence-electron chi connectivity index (χ1n) is 9.13. The first kappa shape index (κ1) is 21.8. The minimum atomic E-state index is -3.57. The van der Waals surface area contributed by atoms with Gasteiger partial charge in [0.2, 0.25) is 0 Å². The molecule has 0 unspecified atom stereocenters. The van der Waals surface area contributed by atoms with Gasteiger partial charge in [-0.25, -0.2) is 8.42 Å². The molecule has 30 heavy (non-hydrogen) atoms. The number of sulfone groups is 1. The second-order valence-corrected chi connectivity index (χ2v) is 9.24. The highest BCUT2D eigenvalue weighted by Gasteiger charge is 2.21. The monoisotopic (exact) mass is 443 g/mol. The van der Waals surface area contributed by atoms with Crippen molar-refractivity contribution in [3.05, 3.63) is 84.7 Å². The molecule has 2 aromatic carbocycles. The second kappa shape index (κ2) is 10.2. The topological polar surface area (TPSA) is 91.1 Å². The summed E-state index contributed by atoms with van der Waals surface area (Å²) >= 11 is 1.15. The summed E-state index contributed by atoms with van der Waals surface area (Å²) in [6.07, 6.45) is 1.62. The van der Waals surface area contributed by atoms with Gasteiger partial charge < -0.3 is 9.30 Å². The average Bonchev–Trinajstić information content (AvgIpc) is 3.13. The molecule has 0 saturated heterocycles. The number of nitrogens with zero attached hydrogens (tertiary/aromatic N) is 3. The van der Waals surface area contributed by atoms with Crippen molar-refractivity contribution in [2.24, 2.45) is 0 Å². The highest BCUT2D eigenvalue weighted by molar-refractivity contribution is 7.99. The highest BCUT2D eigenvalue weighted by atomic mass is 32.2. The third-order valence-electron chi connectivity index (χ3n) is 4.09. The molecule has 156 valence electrons. The number of carbonyl (C=O) groups excluding carboxylic acids is 1. The first-order chi connectivity index (χ1) is 14.5. The molecule has 0 N–H and O–H groups in total. The van der Waals surface area contributed by atoms with Crippen LogP contribution in [0.3, 0.4) is 0 Å². The predicted octanol–water partition coefficient (Wildman–Crippen LogP) is 3.27. The van der Waals surface area contributed by atoms with E-state index in [-0.39, 0.29) is 23.0 Å². The minimum Gasteiger partial charge on any atom is -0.460 e. The van der Waals surface area contributed by atoms with Crippen molar-refractivity contribution >= 4 is 27.6 Å². The molecule has 0 amide bonds. The fraction of sp³-hybridized carbons (Fsp3) is 0.190. The summed E-state index contributed by atoms with van der Waals surface area (Å²) in [5, 5.41) is 8.52. The molecule has 3 aromatic rings. The number of esters is 1. The Bertz CT molecular complexity index is 1100. The van der Waals surface area contributed by atoms with Gasteiger partial charge in [-0.2, -0.15) is 0 Å². The number of hydrogen-bond acceptors (Lipinski definition) is 7. The van der Waals surface area contributed by atoms with E-state index in [0.717, 1.165) is 17.3 Å². The highest BCUT2D eigenvalue weighted by Crippen LogP contribution is 2.21. The van der Waals surface area contributed by atoms with Crippen LogP contribution in [0.25, 0.3) is 0 Å². The standard InChI is InChI=1S/C21H21N3O4S2/c1-2-13-24-19(16-30(26,27)18-11-7-4-8-12-18)22-23-21(24)29-15-20(25)28-14-17-9-5-3-6-10-17/h2-12H,1,13-16H2. The molecule has 0 atom stereocenters. The largest absolute Gasteiger partial charge is 0.460 e. The minimum absolute atomic E-state index is 0.0353. The Morgan fingerprint density at radius 3 is 2.40 bits per heavy atom. The van der Waals surface area contributed by atoms with Crippen molar-refractivity contribution in [3.63, 3.8) is 0 Å². The van der Waals surface area contributed by atoms with E-state index in [2.05, 4.69) is 16.8 Å². The van der Waals surface area contributed by atoms with Gasteiger partial charge in [0.25, 0.3) is 0 Å². The van der Waals surface area contributed by atoms with Gasteiger partial charge in [0.15, 0.2) is 15.0 Å². The van der Waals surface area contributed by atoms with Crippen LogP contribution in [0.4, 0.5) is 0 Å². The van der Waals surface area contributed by atoms with Crippen LogP contribution in [0.15, 0.2) is 83.4 Å². The SMILES string of the molecule is C=CCn1c(CS(=O)(=O)c2ccccc2)nnc1SCC(=O)OCc1ccccc1. The summed E-state index contributed by atoms with van der Waals surface area (Å²) in [6, 6.07) is 17.6. The van der Waals surface area contributed by atoms with Crippen molar-refractivity contribution < 1.29 is 17.9 Å². The molecular weight excluding hydrogens is 422 g/mol. The molecule has 1 heterocycles. The van der Waals surface area contributed by atoms with Crippen molar-refractivity contribution in [1.82, 2.24) is 14.8 Å². The Morgan fingerprint density at radius 1 is 1.07 bits per heavy atom. The zero-order valence-electron chi connectivity index (χ0n) is 16.2. The van der Waals surface area contributed by atoms with Gasteiger partial charge in [-0.05, 0) is 17.7 Å². The molecular formula is C21H21N3O4S2. The van der Waals surface area contributed by atoms with Crippen molar-refractivity contribution in [2.45, 2.75) is 29.0 Å². The Balaban J connectivity index is 1.65. The van der Waals surface area contributed by atoms with Crippen LogP contribution in [0.5, 0.6) is 0 Å². The molecule has 0 aliphatic heterocycles. The van der Waals surface area contributed by atoms with Crippen LogP contribution >= 0.6 is 11.8 Å². The summed E-state index contributed by atoms with van der Waals surface area (Å²) in [7, 11) is -3.57. The fourth-order valence-corrected chi connectivity index (χ4v) is 4.69. The van der Waals surface area contributed by atoms with Crippen molar-refractivity contribution in [3.8, 4) is 0 Å². The van der Waals surface area contributed by atoms with E-state index in [1.165, 1.54) is 0 Å². The van der Waals surface area contributed by atoms with Gasteiger partial charge in [0.1, 0.15) is 18.2 Å².